The van der Waals surface area contributed by atoms with E-state index in [2.05, 4.69) is 29.7 Å². The van der Waals surface area contributed by atoms with Gasteiger partial charge in [-0.2, -0.15) is 0 Å². The van der Waals surface area contributed by atoms with Gasteiger partial charge in [-0.25, -0.2) is 0 Å². The number of aromatic nitrogens is 1. The van der Waals surface area contributed by atoms with Crippen molar-refractivity contribution in [2.24, 2.45) is 11.8 Å². The molecule has 2 unspecified atom stereocenters. The topological polar surface area (TPSA) is 22.0 Å². The lowest BCUT2D eigenvalue weighted by Gasteiger charge is -2.11. The third kappa shape index (κ3) is 1.99. The summed E-state index contributed by atoms with van der Waals surface area (Å²) in [5.74, 6) is 1.56. The van der Waals surface area contributed by atoms with Crippen LogP contribution in [0.5, 0.6) is 0 Å². The first kappa shape index (κ1) is 10.6. The Morgan fingerprint density at radius 1 is 1.41 bits per heavy atom. The molecular formula is C15H17NO. The van der Waals surface area contributed by atoms with Crippen molar-refractivity contribution in [1.82, 2.24) is 4.57 Å². The van der Waals surface area contributed by atoms with Crippen LogP contribution in [0.15, 0.2) is 35.9 Å². The van der Waals surface area contributed by atoms with Crippen molar-refractivity contribution in [2.75, 3.05) is 0 Å². The largest absolute Gasteiger partial charge is 0.339 e. The Kier molecular flexibility index (Phi) is 2.50. The summed E-state index contributed by atoms with van der Waals surface area (Å²) in [7, 11) is 0. The first-order chi connectivity index (χ1) is 8.28. The quantitative estimate of drug-likeness (QED) is 0.574. The number of nitrogens with zero attached hydrogens (tertiary/aromatic N) is 1. The van der Waals surface area contributed by atoms with Gasteiger partial charge in [-0.3, -0.25) is 4.79 Å². The molecule has 0 saturated heterocycles. The van der Waals surface area contributed by atoms with Crippen LogP contribution in [0, 0.1) is 18.8 Å². The third-order valence-corrected chi connectivity index (χ3v) is 3.82. The van der Waals surface area contributed by atoms with Crippen LogP contribution in [0.1, 0.15) is 29.0 Å². The maximum absolute atomic E-state index is 11.0. The molecule has 2 atom stereocenters. The van der Waals surface area contributed by atoms with Gasteiger partial charge >= 0.3 is 0 Å². The predicted molar refractivity (Wildman–Crippen MR) is 68.0 cm³/mol. The van der Waals surface area contributed by atoms with Gasteiger partial charge in [-0.1, -0.05) is 23.8 Å². The van der Waals surface area contributed by atoms with Crippen molar-refractivity contribution in [3.63, 3.8) is 0 Å². The minimum absolute atomic E-state index is 0.763. The van der Waals surface area contributed by atoms with Crippen LogP contribution in [-0.4, -0.2) is 10.9 Å². The van der Waals surface area contributed by atoms with Crippen molar-refractivity contribution >= 4 is 6.29 Å². The fraction of sp³-hybridized carbons (Fsp3) is 0.400. The maximum Gasteiger partial charge on any atom is 0.166 e. The molecule has 0 bridgehead atoms. The first-order valence-corrected chi connectivity index (χ1v) is 6.25. The Labute approximate surface area is 102 Å². The standard InChI is InChI=1S/C15H17NO/c1-11-5-6-15(10-17)16(11)9-12-3-2-4-13-8-14(13)7-12/h2,4-7,10,13-14H,3,8-9H2,1H3. The fourth-order valence-corrected chi connectivity index (χ4v) is 2.64. The Balaban J connectivity index is 1.84. The molecule has 1 fully saturated rings. The lowest BCUT2D eigenvalue weighted by Crippen LogP contribution is -2.06. The molecule has 1 saturated carbocycles. The molecule has 1 heterocycles. The van der Waals surface area contributed by atoms with Crippen LogP contribution in [0.3, 0.4) is 0 Å². The minimum atomic E-state index is 0.763. The normalized spacial score (nSPS) is 26.1. The molecule has 0 aromatic carbocycles. The van der Waals surface area contributed by atoms with Gasteiger partial charge < -0.3 is 4.57 Å². The van der Waals surface area contributed by atoms with Gasteiger partial charge in [-0.15, -0.1) is 0 Å². The number of rotatable bonds is 3. The average Bonchev–Trinajstić information content (AvgIpc) is 2.97. The summed E-state index contributed by atoms with van der Waals surface area (Å²) in [4.78, 5) is 11.0. The molecule has 1 aromatic rings. The van der Waals surface area contributed by atoms with Crippen LogP contribution in [0.25, 0.3) is 0 Å². The number of fused-ring (bicyclic) bond motifs is 1. The molecule has 2 aliphatic rings. The summed E-state index contributed by atoms with van der Waals surface area (Å²) in [5.41, 5.74) is 3.38. The Bertz CT molecular complexity index is 507. The van der Waals surface area contributed by atoms with Crippen molar-refractivity contribution in [2.45, 2.75) is 26.3 Å². The zero-order valence-corrected chi connectivity index (χ0v) is 10.1. The second kappa shape index (κ2) is 4.02. The highest BCUT2D eigenvalue weighted by atomic mass is 16.1. The van der Waals surface area contributed by atoms with Crippen molar-refractivity contribution in [1.29, 1.82) is 0 Å². The van der Waals surface area contributed by atoms with Gasteiger partial charge in [0.15, 0.2) is 6.29 Å². The smallest absolute Gasteiger partial charge is 0.166 e. The predicted octanol–water partition coefficient (Wildman–Crippen LogP) is 3.13. The Morgan fingerprint density at radius 3 is 3.12 bits per heavy atom. The van der Waals surface area contributed by atoms with Gasteiger partial charge in [-0.05, 0) is 43.7 Å². The van der Waals surface area contributed by atoms with Crippen LogP contribution in [-0.2, 0) is 6.54 Å². The molecule has 2 nitrogen and oxygen atoms in total. The molecule has 0 spiro atoms. The van der Waals surface area contributed by atoms with E-state index >= 15 is 0 Å². The maximum atomic E-state index is 11.0. The molecule has 2 aliphatic carbocycles. The van der Waals surface area contributed by atoms with Crippen molar-refractivity contribution < 1.29 is 4.79 Å². The van der Waals surface area contributed by atoms with Crippen LogP contribution < -0.4 is 0 Å². The zero-order chi connectivity index (χ0) is 11.8. The van der Waals surface area contributed by atoms with E-state index in [4.69, 9.17) is 0 Å². The monoisotopic (exact) mass is 227 g/mol. The number of allylic oxidation sites excluding steroid dienone is 4. The van der Waals surface area contributed by atoms with Crippen LogP contribution >= 0.6 is 0 Å². The molecule has 0 radical (unpaired) electrons. The van der Waals surface area contributed by atoms with E-state index in [-0.39, 0.29) is 0 Å². The molecular weight excluding hydrogens is 210 g/mol. The van der Waals surface area contributed by atoms with Crippen molar-refractivity contribution in [3.05, 3.63) is 47.3 Å². The third-order valence-electron chi connectivity index (χ3n) is 3.82. The van der Waals surface area contributed by atoms with E-state index in [9.17, 15) is 4.79 Å². The highest BCUT2D eigenvalue weighted by Gasteiger charge is 2.33. The summed E-state index contributed by atoms with van der Waals surface area (Å²) in [6.07, 6.45) is 10.3. The molecule has 2 heteroatoms. The van der Waals surface area contributed by atoms with E-state index in [0.717, 1.165) is 42.5 Å². The molecule has 88 valence electrons. The minimum Gasteiger partial charge on any atom is -0.339 e. The van der Waals surface area contributed by atoms with E-state index in [0.29, 0.717) is 0 Å². The Morgan fingerprint density at radius 2 is 2.29 bits per heavy atom. The van der Waals surface area contributed by atoms with E-state index in [1.165, 1.54) is 12.0 Å². The van der Waals surface area contributed by atoms with E-state index in [1.807, 2.05) is 12.1 Å². The number of carbonyl (C=O) groups excluding carboxylic acids is 1. The number of aryl methyl sites for hydroxylation is 1. The molecule has 0 amide bonds. The SMILES string of the molecule is Cc1ccc(C=O)n1CC1=CC2CC2C=CC1. The molecule has 17 heavy (non-hydrogen) atoms. The highest BCUT2D eigenvalue weighted by Crippen LogP contribution is 2.43. The number of hydrogen-bond acceptors (Lipinski definition) is 1. The van der Waals surface area contributed by atoms with Gasteiger partial charge in [0.2, 0.25) is 0 Å². The molecule has 1 aromatic heterocycles. The van der Waals surface area contributed by atoms with Gasteiger partial charge in [0, 0.05) is 12.2 Å². The summed E-state index contributed by atoms with van der Waals surface area (Å²) < 4.78 is 2.11. The zero-order valence-electron chi connectivity index (χ0n) is 10.1. The second-order valence-electron chi connectivity index (χ2n) is 5.12. The molecule has 3 rings (SSSR count). The van der Waals surface area contributed by atoms with Crippen LogP contribution in [0.4, 0.5) is 0 Å². The lowest BCUT2D eigenvalue weighted by molar-refractivity contribution is 0.111. The van der Waals surface area contributed by atoms with Gasteiger partial charge in [0.05, 0.1) is 5.69 Å². The van der Waals surface area contributed by atoms with Crippen LogP contribution in [0.2, 0.25) is 0 Å². The van der Waals surface area contributed by atoms with Crippen molar-refractivity contribution in [3.8, 4) is 0 Å². The number of hydrogen-bond donors (Lipinski definition) is 0. The summed E-state index contributed by atoms with van der Waals surface area (Å²) >= 11 is 0. The Hall–Kier alpha value is -1.57. The molecule has 0 aliphatic heterocycles. The van der Waals surface area contributed by atoms with E-state index in [1.54, 1.807) is 0 Å². The highest BCUT2D eigenvalue weighted by molar-refractivity contribution is 5.72. The number of carbonyl (C=O) groups is 1. The summed E-state index contributed by atoms with van der Waals surface area (Å²) in [5, 5.41) is 0. The second-order valence-corrected chi connectivity index (χ2v) is 5.12. The number of aldehydes is 1. The lowest BCUT2D eigenvalue weighted by atomic mass is 10.1. The summed E-state index contributed by atoms with van der Waals surface area (Å²) in [6, 6.07) is 3.91. The molecule has 0 N–H and O–H groups in total. The average molecular weight is 227 g/mol. The fourth-order valence-electron chi connectivity index (χ4n) is 2.64. The first-order valence-electron chi connectivity index (χ1n) is 6.25. The summed E-state index contributed by atoms with van der Waals surface area (Å²) in [6.45, 7) is 2.92. The van der Waals surface area contributed by atoms with E-state index < -0.39 is 0 Å². The van der Waals surface area contributed by atoms with Gasteiger partial charge in [0.25, 0.3) is 0 Å². The van der Waals surface area contributed by atoms with Gasteiger partial charge in [0.1, 0.15) is 0 Å².